The highest BCUT2D eigenvalue weighted by molar-refractivity contribution is 5.97. The molecule has 0 saturated heterocycles. The second-order valence-corrected chi connectivity index (χ2v) is 5.52. The molecule has 0 spiro atoms. The Hall–Kier alpha value is -2.76. The van der Waals surface area contributed by atoms with Crippen molar-refractivity contribution in [1.29, 1.82) is 0 Å². The maximum Gasteiger partial charge on any atom is 0.253 e. The third-order valence-electron chi connectivity index (χ3n) is 3.35. The number of hydrogen-bond donors (Lipinski definition) is 2. The third-order valence-corrected chi connectivity index (χ3v) is 3.35. The topological polar surface area (TPSA) is 84.0 Å². The number of carbonyl (C=O) groups is 2. The molecule has 0 bridgehead atoms. The number of amides is 2. The van der Waals surface area contributed by atoms with Crippen molar-refractivity contribution >= 4 is 11.8 Å². The Balaban J connectivity index is 1.97. The van der Waals surface area contributed by atoms with Gasteiger partial charge >= 0.3 is 0 Å². The summed E-state index contributed by atoms with van der Waals surface area (Å²) in [5.74, 6) is -0.570. The first-order valence-corrected chi connectivity index (χ1v) is 7.45. The lowest BCUT2D eigenvalue weighted by Gasteiger charge is -2.21. The highest BCUT2D eigenvalue weighted by Gasteiger charge is 2.24. The van der Waals surface area contributed by atoms with Crippen molar-refractivity contribution in [2.45, 2.75) is 26.4 Å². The summed E-state index contributed by atoms with van der Waals surface area (Å²) in [5.41, 5.74) is 1.33. The Bertz CT molecular complexity index is 644. The highest BCUT2D eigenvalue weighted by atomic mass is 16.2. The minimum Gasteiger partial charge on any atom is -0.350 e. The fraction of sp³-hybridized carbons (Fsp3) is 0.294. The van der Waals surface area contributed by atoms with Crippen LogP contribution in [0.25, 0.3) is 0 Å². The molecule has 2 amide bonds. The van der Waals surface area contributed by atoms with Crippen LogP contribution in [0.3, 0.4) is 0 Å². The summed E-state index contributed by atoms with van der Waals surface area (Å²) in [4.78, 5) is 32.5. The van der Waals surface area contributed by atoms with Gasteiger partial charge in [-0.25, -0.2) is 0 Å². The van der Waals surface area contributed by atoms with Gasteiger partial charge in [0.2, 0.25) is 5.91 Å². The van der Waals surface area contributed by atoms with Crippen molar-refractivity contribution in [3.05, 3.63) is 60.2 Å². The molecule has 0 aromatic carbocycles. The van der Waals surface area contributed by atoms with Crippen LogP contribution in [-0.4, -0.2) is 27.8 Å². The number of nitrogens with one attached hydrogen (secondary N) is 2. The average Bonchev–Trinajstić information content (AvgIpc) is 2.58. The molecular formula is C17H20N4O2. The van der Waals surface area contributed by atoms with E-state index in [-0.39, 0.29) is 17.7 Å². The summed E-state index contributed by atoms with van der Waals surface area (Å²) in [5, 5.41) is 5.59. The Kier molecular flexibility index (Phi) is 5.80. The summed E-state index contributed by atoms with van der Waals surface area (Å²) in [6, 6.07) is 6.42. The van der Waals surface area contributed by atoms with Crippen molar-refractivity contribution in [3.8, 4) is 0 Å². The van der Waals surface area contributed by atoms with Gasteiger partial charge in [-0.2, -0.15) is 0 Å². The largest absolute Gasteiger partial charge is 0.350 e. The van der Waals surface area contributed by atoms with E-state index in [1.54, 1.807) is 30.7 Å². The van der Waals surface area contributed by atoms with E-state index in [0.29, 0.717) is 12.1 Å². The van der Waals surface area contributed by atoms with Crippen molar-refractivity contribution in [1.82, 2.24) is 20.6 Å². The molecule has 6 heteroatoms. The van der Waals surface area contributed by atoms with E-state index in [4.69, 9.17) is 0 Å². The van der Waals surface area contributed by atoms with E-state index < -0.39 is 6.04 Å². The van der Waals surface area contributed by atoms with E-state index in [1.807, 2.05) is 26.0 Å². The van der Waals surface area contributed by atoms with Crippen LogP contribution >= 0.6 is 0 Å². The Morgan fingerprint density at radius 2 is 1.78 bits per heavy atom. The van der Waals surface area contributed by atoms with Crippen LogP contribution < -0.4 is 10.6 Å². The maximum atomic E-state index is 12.4. The number of pyridine rings is 2. The Morgan fingerprint density at radius 1 is 1.09 bits per heavy atom. The van der Waals surface area contributed by atoms with Crippen molar-refractivity contribution < 1.29 is 9.59 Å². The predicted octanol–water partition coefficient (Wildman–Crippen LogP) is 1.55. The normalized spacial score (nSPS) is 11.8. The quantitative estimate of drug-likeness (QED) is 0.847. The maximum absolute atomic E-state index is 12.4. The number of hydrogen-bond acceptors (Lipinski definition) is 4. The lowest BCUT2D eigenvalue weighted by Crippen LogP contribution is -2.49. The van der Waals surface area contributed by atoms with Gasteiger partial charge in [0.15, 0.2) is 0 Å². The first-order valence-electron chi connectivity index (χ1n) is 7.45. The molecule has 6 nitrogen and oxygen atoms in total. The fourth-order valence-electron chi connectivity index (χ4n) is 2.06. The first-order chi connectivity index (χ1) is 11.1. The average molecular weight is 312 g/mol. The number of rotatable bonds is 6. The molecule has 2 heterocycles. The zero-order chi connectivity index (χ0) is 16.7. The molecule has 2 N–H and O–H groups in total. The molecule has 0 aliphatic rings. The van der Waals surface area contributed by atoms with Crippen molar-refractivity contribution in [2.24, 2.45) is 5.92 Å². The fourth-order valence-corrected chi connectivity index (χ4v) is 2.06. The minimum atomic E-state index is -0.612. The van der Waals surface area contributed by atoms with Crippen LogP contribution in [0.4, 0.5) is 0 Å². The van der Waals surface area contributed by atoms with Gasteiger partial charge < -0.3 is 10.6 Å². The van der Waals surface area contributed by atoms with Gasteiger partial charge in [0.05, 0.1) is 5.56 Å². The van der Waals surface area contributed by atoms with E-state index in [0.717, 1.165) is 5.56 Å². The molecule has 0 unspecified atom stereocenters. The lowest BCUT2D eigenvalue weighted by atomic mass is 10.0. The van der Waals surface area contributed by atoms with Crippen LogP contribution in [0, 0.1) is 5.92 Å². The number of aromatic nitrogens is 2. The molecule has 120 valence electrons. The van der Waals surface area contributed by atoms with Crippen LogP contribution in [0.1, 0.15) is 29.8 Å². The molecule has 23 heavy (non-hydrogen) atoms. The van der Waals surface area contributed by atoms with E-state index in [9.17, 15) is 9.59 Å². The Labute approximate surface area is 135 Å². The lowest BCUT2D eigenvalue weighted by molar-refractivity contribution is -0.124. The predicted molar refractivity (Wildman–Crippen MR) is 86.4 cm³/mol. The second-order valence-electron chi connectivity index (χ2n) is 5.52. The van der Waals surface area contributed by atoms with Gasteiger partial charge in [0, 0.05) is 31.3 Å². The molecule has 2 aromatic heterocycles. The first kappa shape index (κ1) is 16.6. The molecule has 0 aliphatic heterocycles. The third kappa shape index (κ3) is 4.88. The molecular weight excluding hydrogens is 292 g/mol. The molecule has 2 rings (SSSR count). The van der Waals surface area contributed by atoms with Gasteiger partial charge in [-0.05, 0) is 29.7 Å². The molecule has 0 radical (unpaired) electrons. The van der Waals surface area contributed by atoms with Gasteiger partial charge in [0.1, 0.15) is 6.04 Å². The van der Waals surface area contributed by atoms with Crippen LogP contribution in [0.15, 0.2) is 49.1 Å². The molecule has 2 aromatic rings. The monoisotopic (exact) mass is 312 g/mol. The van der Waals surface area contributed by atoms with Crippen molar-refractivity contribution in [3.63, 3.8) is 0 Å². The van der Waals surface area contributed by atoms with Gasteiger partial charge in [0.25, 0.3) is 5.91 Å². The van der Waals surface area contributed by atoms with Crippen LogP contribution in [-0.2, 0) is 11.3 Å². The smallest absolute Gasteiger partial charge is 0.253 e. The van der Waals surface area contributed by atoms with Crippen LogP contribution in [0.5, 0.6) is 0 Å². The summed E-state index contributed by atoms with van der Waals surface area (Å²) in [6.45, 7) is 4.15. The summed E-state index contributed by atoms with van der Waals surface area (Å²) in [7, 11) is 0. The Morgan fingerprint density at radius 3 is 2.35 bits per heavy atom. The zero-order valence-corrected chi connectivity index (χ0v) is 13.2. The van der Waals surface area contributed by atoms with Gasteiger partial charge in [-0.15, -0.1) is 0 Å². The molecule has 1 atom stereocenters. The SMILES string of the molecule is CC(C)[C@H](NC(=O)c1cccnc1)C(=O)NCc1cccnc1. The molecule has 0 fully saturated rings. The zero-order valence-electron chi connectivity index (χ0n) is 13.2. The van der Waals surface area contributed by atoms with Crippen LogP contribution in [0.2, 0.25) is 0 Å². The molecule has 0 aliphatic carbocycles. The summed E-state index contributed by atoms with van der Waals surface area (Å²) >= 11 is 0. The molecule has 0 saturated carbocycles. The van der Waals surface area contributed by atoms with E-state index >= 15 is 0 Å². The van der Waals surface area contributed by atoms with E-state index in [2.05, 4.69) is 20.6 Å². The number of carbonyl (C=O) groups excluding carboxylic acids is 2. The minimum absolute atomic E-state index is 0.0375. The highest BCUT2D eigenvalue weighted by Crippen LogP contribution is 2.05. The van der Waals surface area contributed by atoms with E-state index in [1.165, 1.54) is 6.20 Å². The standard InChI is InChI=1S/C17H20N4O2/c1-12(2)15(21-16(22)14-6-4-8-19-11-14)17(23)20-10-13-5-3-7-18-9-13/h3-9,11-12,15H,10H2,1-2H3,(H,20,23)(H,21,22)/t15-/m0/s1. The summed E-state index contributed by atoms with van der Waals surface area (Å²) < 4.78 is 0. The number of nitrogens with zero attached hydrogens (tertiary/aromatic N) is 2. The summed E-state index contributed by atoms with van der Waals surface area (Å²) in [6.07, 6.45) is 6.44. The second kappa shape index (κ2) is 8.03. The van der Waals surface area contributed by atoms with Gasteiger partial charge in [-0.3, -0.25) is 19.6 Å². The van der Waals surface area contributed by atoms with Crippen molar-refractivity contribution in [2.75, 3.05) is 0 Å². The van der Waals surface area contributed by atoms with Gasteiger partial charge in [-0.1, -0.05) is 19.9 Å².